The van der Waals surface area contributed by atoms with Crippen LogP contribution in [0.1, 0.15) is 38.2 Å². The SMILES string of the molecule is CC1CCCN(C(=O)C2(C(=O)Nc3cccc(C(F)(F)F)c3)CC2)C1. The van der Waals surface area contributed by atoms with E-state index >= 15 is 0 Å². The van der Waals surface area contributed by atoms with Crippen LogP contribution in [0.3, 0.4) is 0 Å². The molecule has 4 nitrogen and oxygen atoms in total. The van der Waals surface area contributed by atoms with Crippen LogP contribution in [0.25, 0.3) is 0 Å². The Balaban J connectivity index is 1.71. The van der Waals surface area contributed by atoms with Gasteiger partial charge < -0.3 is 10.2 Å². The molecule has 1 unspecified atom stereocenters. The van der Waals surface area contributed by atoms with E-state index in [-0.39, 0.29) is 11.6 Å². The standard InChI is InChI=1S/C18H21F3N2O2/c1-12-4-3-9-23(11-12)16(25)17(7-8-17)15(24)22-14-6-2-5-13(10-14)18(19,20)21/h2,5-6,10,12H,3-4,7-9,11H2,1H3,(H,22,24). The van der Waals surface area contributed by atoms with Crippen molar-refractivity contribution in [3.05, 3.63) is 29.8 Å². The summed E-state index contributed by atoms with van der Waals surface area (Å²) in [5, 5.41) is 2.50. The maximum Gasteiger partial charge on any atom is 0.416 e. The molecule has 136 valence electrons. The Labute approximate surface area is 144 Å². The van der Waals surface area contributed by atoms with Gasteiger partial charge in [0.1, 0.15) is 5.41 Å². The summed E-state index contributed by atoms with van der Waals surface area (Å²) in [7, 11) is 0. The average molecular weight is 354 g/mol. The van der Waals surface area contributed by atoms with Crippen molar-refractivity contribution in [2.24, 2.45) is 11.3 Å². The van der Waals surface area contributed by atoms with Crippen LogP contribution in [0.4, 0.5) is 18.9 Å². The van der Waals surface area contributed by atoms with Gasteiger partial charge in [-0.1, -0.05) is 13.0 Å². The number of piperidine rings is 1. The van der Waals surface area contributed by atoms with Gasteiger partial charge in [-0.3, -0.25) is 9.59 Å². The molecule has 1 saturated heterocycles. The molecule has 0 aromatic heterocycles. The fourth-order valence-corrected chi connectivity index (χ4v) is 3.36. The molecule has 0 spiro atoms. The molecule has 25 heavy (non-hydrogen) atoms. The van der Waals surface area contributed by atoms with Crippen LogP contribution in [0, 0.1) is 11.3 Å². The molecule has 1 heterocycles. The van der Waals surface area contributed by atoms with Crippen LogP contribution in [-0.4, -0.2) is 29.8 Å². The number of carbonyl (C=O) groups is 2. The lowest BCUT2D eigenvalue weighted by Gasteiger charge is -2.33. The third-order valence-corrected chi connectivity index (χ3v) is 4.99. The highest BCUT2D eigenvalue weighted by Gasteiger charge is 2.58. The van der Waals surface area contributed by atoms with E-state index in [1.54, 1.807) is 4.90 Å². The summed E-state index contributed by atoms with van der Waals surface area (Å²) in [6, 6.07) is 4.48. The number of nitrogens with one attached hydrogen (secondary N) is 1. The number of hydrogen-bond acceptors (Lipinski definition) is 2. The minimum atomic E-state index is -4.47. The van der Waals surface area contributed by atoms with Crippen molar-refractivity contribution in [3.8, 4) is 0 Å². The molecule has 2 amide bonds. The zero-order valence-electron chi connectivity index (χ0n) is 14.0. The molecule has 1 N–H and O–H groups in total. The van der Waals surface area contributed by atoms with Crippen molar-refractivity contribution in [1.82, 2.24) is 4.90 Å². The normalized spacial score (nSPS) is 22.4. The Morgan fingerprint density at radius 2 is 2.00 bits per heavy atom. The van der Waals surface area contributed by atoms with E-state index in [9.17, 15) is 22.8 Å². The van der Waals surface area contributed by atoms with E-state index in [1.807, 2.05) is 0 Å². The summed E-state index contributed by atoms with van der Waals surface area (Å²) in [5.41, 5.74) is -1.87. The minimum Gasteiger partial charge on any atom is -0.342 e. The lowest BCUT2D eigenvalue weighted by Crippen LogP contribution is -2.46. The van der Waals surface area contributed by atoms with Crippen LogP contribution in [0.2, 0.25) is 0 Å². The first-order valence-electron chi connectivity index (χ1n) is 8.50. The molecule has 7 heteroatoms. The van der Waals surface area contributed by atoms with Crippen molar-refractivity contribution < 1.29 is 22.8 Å². The molecule has 1 atom stereocenters. The van der Waals surface area contributed by atoms with Gasteiger partial charge in [0, 0.05) is 18.8 Å². The largest absolute Gasteiger partial charge is 0.416 e. The Morgan fingerprint density at radius 3 is 2.60 bits per heavy atom. The molecule has 0 radical (unpaired) electrons. The molecule has 1 saturated carbocycles. The number of carbonyl (C=O) groups excluding carboxylic acids is 2. The molecule has 1 aromatic rings. The summed E-state index contributed by atoms with van der Waals surface area (Å²) >= 11 is 0. The third kappa shape index (κ3) is 3.65. The second kappa shape index (κ2) is 6.35. The topological polar surface area (TPSA) is 49.4 Å². The number of halogens is 3. The number of amides is 2. The predicted octanol–water partition coefficient (Wildman–Crippen LogP) is 3.68. The first-order valence-corrected chi connectivity index (χ1v) is 8.50. The van der Waals surface area contributed by atoms with Crippen molar-refractivity contribution in [3.63, 3.8) is 0 Å². The number of benzene rings is 1. The van der Waals surface area contributed by atoms with Gasteiger partial charge in [0.15, 0.2) is 0 Å². The summed E-state index contributed by atoms with van der Waals surface area (Å²) in [6.45, 7) is 3.35. The second-order valence-corrected chi connectivity index (χ2v) is 7.11. The number of rotatable bonds is 3. The van der Waals surface area contributed by atoms with Gasteiger partial charge in [0.05, 0.1) is 5.56 Å². The zero-order chi connectivity index (χ0) is 18.2. The van der Waals surface area contributed by atoms with Crippen molar-refractivity contribution in [2.75, 3.05) is 18.4 Å². The maximum absolute atomic E-state index is 12.8. The Bertz CT molecular complexity index is 683. The van der Waals surface area contributed by atoms with Crippen LogP contribution in [0.5, 0.6) is 0 Å². The number of nitrogens with zero attached hydrogens (tertiary/aromatic N) is 1. The maximum atomic E-state index is 12.8. The second-order valence-electron chi connectivity index (χ2n) is 7.11. The molecule has 1 aliphatic heterocycles. The molecule has 2 fully saturated rings. The molecular formula is C18H21F3N2O2. The minimum absolute atomic E-state index is 0.0610. The molecule has 3 rings (SSSR count). The van der Waals surface area contributed by atoms with E-state index in [0.29, 0.717) is 31.8 Å². The fraction of sp³-hybridized carbons (Fsp3) is 0.556. The van der Waals surface area contributed by atoms with Gasteiger partial charge >= 0.3 is 6.18 Å². The quantitative estimate of drug-likeness (QED) is 0.842. The van der Waals surface area contributed by atoms with Gasteiger partial charge in [0.25, 0.3) is 0 Å². The monoisotopic (exact) mass is 354 g/mol. The molecule has 1 aromatic carbocycles. The number of anilines is 1. The molecule has 2 aliphatic rings. The molecule has 0 bridgehead atoms. The zero-order valence-corrected chi connectivity index (χ0v) is 14.0. The van der Waals surface area contributed by atoms with Crippen molar-refractivity contribution in [1.29, 1.82) is 0 Å². The predicted molar refractivity (Wildman–Crippen MR) is 86.7 cm³/mol. The van der Waals surface area contributed by atoms with Crippen molar-refractivity contribution >= 4 is 17.5 Å². The summed E-state index contributed by atoms with van der Waals surface area (Å²) in [4.78, 5) is 27.1. The summed E-state index contributed by atoms with van der Waals surface area (Å²) in [5.74, 6) is -0.293. The van der Waals surface area contributed by atoms with Gasteiger partial charge in [-0.05, 0) is 49.8 Å². The highest BCUT2D eigenvalue weighted by molar-refractivity contribution is 6.13. The summed E-state index contributed by atoms with van der Waals surface area (Å²) in [6.07, 6.45) is -1.60. The first kappa shape index (κ1) is 17.8. The Kier molecular flexibility index (Phi) is 4.51. The highest BCUT2D eigenvalue weighted by atomic mass is 19.4. The Morgan fingerprint density at radius 1 is 1.28 bits per heavy atom. The van der Waals surface area contributed by atoms with E-state index in [4.69, 9.17) is 0 Å². The van der Waals surface area contributed by atoms with Crippen LogP contribution in [-0.2, 0) is 15.8 Å². The number of likely N-dealkylation sites (tertiary alicyclic amines) is 1. The fourth-order valence-electron chi connectivity index (χ4n) is 3.36. The van der Waals surface area contributed by atoms with Crippen molar-refractivity contribution in [2.45, 2.75) is 38.8 Å². The molecule has 1 aliphatic carbocycles. The highest BCUT2D eigenvalue weighted by Crippen LogP contribution is 2.48. The summed E-state index contributed by atoms with van der Waals surface area (Å²) < 4.78 is 38.4. The lowest BCUT2D eigenvalue weighted by atomic mass is 9.96. The van der Waals surface area contributed by atoms with Gasteiger partial charge in [0.2, 0.25) is 11.8 Å². The van der Waals surface area contributed by atoms with Gasteiger partial charge in [-0.25, -0.2) is 0 Å². The van der Waals surface area contributed by atoms with E-state index < -0.39 is 23.1 Å². The number of hydrogen-bond donors (Lipinski definition) is 1. The molecular weight excluding hydrogens is 333 g/mol. The van der Waals surface area contributed by atoms with Crippen LogP contribution >= 0.6 is 0 Å². The first-order chi connectivity index (χ1) is 11.7. The van der Waals surface area contributed by atoms with Gasteiger partial charge in [-0.15, -0.1) is 0 Å². The average Bonchev–Trinajstić information content (AvgIpc) is 3.35. The van der Waals surface area contributed by atoms with Crippen LogP contribution in [0.15, 0.2) is 24.3 Å². The van der Waals surface area contributed by atoms with Crippen LogP contribution < -0.4 is 5.32 Å². The van der Waals surface area contributed by atoms with E-state index in [1.165, 1.54) is 12.1 Å². The number of alkyl halides is 3. The Hall–Kier alpha value is -2.05. The third-order valence-electron chi connectivity index (χ3n) is 4.99. The van der Waals surface area contributed by atoms with Gasteiger partial charge in [-0.2, -0.15) is 13.2 Å². The lowest BCUT2D eigenvalue weighted by molar-refractivity contribution is -0.144. The smallest absolute Gasteiger partial charge is 0.342 e. The van der Waals surface area contributed by atoms with E-state index in [0.717, 1.165) is 25.0 Å². The van der Waals surface area contributed by atoms with E-state index in [2.05, 4.69) is 12.2 Å².